The Bertz CT molecular complexity index is 479. The molecule has 1 heterocycles. The first-order chi connectivity index (χ1) is 8.15. The molecule has 0 aliphatic carbocycles. The largest absolute Gasteiger partial charge is 0.388 e. The third kappa shape index (κ3) is 3.38. The maximum absolute atomic E-state index is 10.2. The number of hydrogen-bond acceptors (Lipinski definition) is 2. The molecule has 0 aliphatic rings. The fraction of sp³-hybridized carbons (Fsp3) is 0.214. The zero-order valence-corrected chi connectivity index (χ0v) is 11.2. The molecule has 0 amide bonds. The Morgan fingerprint density at radius 1 is 1.24 bits per heavy atom. The number of rotatable bonds is 3. The normalized spacial score (nSPS) is 12.4. The van der Waals surface area contributed by atoms with E-state index in [1.54, 1.807) is 12.4 Å². The summed E-state index contributed by atoms with van der Waals surface area (Å²) < 4.78 is 1.00. The predicted octanol–water partition coefficient (Wildman–Crippen LogP) is 3.43. The molecule has 17 heavy (non-hydrogen) atoms. The second-order valence-electron chi connectivity index (χ2n) is 4.14. The maximum Gasteiger partial charge on any atom is 0.0830 e. The molecule has 88 valence electrons. The second kappa shape index (κ2) is 5.43. The summed E-state index contributed by atoms with van der Waals surface area (Å²) in [6, 6.07) is 9.85. The Balaban J connectivity index is 2.17. The van der Waals surface area contributed by atoms with Crippen LogP contribution in [0.25, 0.3) is 0 Å². The fourth-order valence-corrected chi connectivity index (χ4v) is 2.44. The number of aliphatic hydroxyl groups excluding tert-OH is 1. The molecule has 2 nitrogen and oxygen atoms in total. The molecule has 2 aromatic rings. The van der Waals surface area contributed by atoms with E-state index in [4.69, 9.17) is 0 Å². The third-order valence-electron chi connectivity index (χ3n) is 2.63. The van der Waals surface area contributed by atoms with Gasteiger partial charge < -0.3 is 5.11 Å². The summed E-state index contributed by atoms with van der Waals surface area (Å²) in [7, 11) is 0. The van der Waals surface area contributed by atoms with Gasteiger partial charge in [0.1, 0.15) is 0 Å². The topological polar surface area (TPSA) is 33.1 Å². The highest BCUT2D eigenvalue weighted by atomic mass is 79.9. The summed E-state index contributed by atoms with van der Waals surface area (Å²) in [6.07, 6.45) is 3.62. The number of pyridine rings is 1. The lowest BCUT2D eigenvalue weighted by Crippen LogP contribution is -2.02. The molecule has 0 saturated carbocycles. The fourth-order valence-electron chi connectivity index (χ4n) is 1.82. The standard InChI is InChI=1S/C14H14BrNO/c1-10-6-12(9-13(15)7-10)14(17)8-11-2-4-16-5-3-11/h2-7,9,14,17H,8H2,1H3. The number of aliphatic hydroxyl groups is 1. The van der Waals surface area contributed by atoms with E-state index in [0.717, 1.165) is 21.2 Å². The van der Waals surface area contributed by atoms with Crippen LogP contribution < -0.4 is 0 Å². The van der Waals surface area contributed by atoms with E-state index < -0.39 is 6.10 Å². The van der Waals surface area contributed by atoms with Crippen molar-refractivity contribution in [2.24, 2.45) is 0 Å². The molecule has 0 radical (unpaired) electrons. The van der Waals surface area contributed by atoms with E-state index in [1.165, 1.54) is 0 Å². The predicted molar refractivity (Wildman–Crippen MR) is 71.8 cm³/mol. The van der Waals surface area contributed by atoms with E-state index >= 15 is 0 Å². The Morgan fingerprint density at radius 2 is 1.94 bits per heavy atom. The van der Waals surface area contributed by atoms with E-state index in [1.807, 2.05) is 37.3 Å². The molecule has 0 aliphatic heterocycles. The molecular formula is C14H14BrNO. The number of hydrogen-bond donors (Lipinski definition) is 1. The van der Waals surface area contributed by atoms with Crippen LogP contribution in [-0.2, 0) is 6.42 Å². The van der Waals surface area contributed by atoms with E-state index in [9.17, 15) is 5.11 Å². The van der Waals surface area contributed by atoms with E-state index in [2.05, 4.69) is 20.9 Å². The number of halogens is 1. The van der Waals surface area contributed by atoms with Crippen LogP contribution in [0.2, 0.25) is 0 Å². The van der Waals surface area contributed by atoms with Gasteiger partial charge in [0.15, 0.2) is 0 Å². The van der Waals surface area contributed by atoms with Gasteiger partial charge in [-0.05, 0) is 47.9 Å². The Kier molecular flexibility index (Phi) is 3.92. The van der Waals surface area contributed by atoms with Gasteiger partial charge >= 0.3 is 0 Å². The summed E-state index contributed by atoms with van der Waals surface area (Å²) in [6.45, 7) is 2.02. The van der Waals surface area contributed by atoms with Crippen molar-refractivity contribution >= 4 is 15.9 Å². The lowest BCUT2D eigenvalue weighted by molar-refractivity contribution is 0.178. The average molecular weight is 292 g/mol. The van der Waals surface area contributed by atoms with Crippen LogP contribution in [0.5, 0.6) is 0 Å². The molecule has 0 bridgehead atoms. The number of aromatic nitrogens is 1. The van der Waals surface area contributed by atoms with Crippen LogP contribution in [0.3, 0.4) is 0 Å². The molecule has 0 saturated heterocycles. The van der Waals surface area contributed by atoms with Crippen LogP contribution in [0.15, 0.2) is 47.2 Å². The molecule has 1 atom stereocenters. The molecule has 0 spiro atoms. The molecule has 0 fully saturated rings. The Labute approximate surface area is 109 Å². The van der Waals surface area contributed by atoms with Crippen molar-refractivity contribution in [3.8, 4) is 0 Å². The van der Waals surface area contributed by atoms with Gasteiger partial charge in [0, 0.05) is 23.3 Å². The molecule has 1 aromatic heterocycles. The van der Waals surface area contributed by atoms with Crippen molar-refractivity contribution in [3.05, 3.63) is 63.9 Å². The molecule has 1 unspecified atom stereocenters. The minimum absolute atomic E-state index is 0.478. The number of aryl methyl sites for hydroxylation is 1. The van der Waals surface area contributed by atoms with Crippen LogP contribution in [-0.4, -0.2) is 10.1 Å². The number of benzene rings is 1. The first-order valence-electron chi connectivity index (χ1n) is 5.49. The quantitative estimate of drug-likeness (QED) is 0.940. The smallest absolute Gasteiger partial charge is 0.0830 e. The number of nitrogens with zero attached hydrogens (tertiary/aromatic N) is 1. The van der Waals surface area contributed by atoms with Crippen LogP contribution >= 0.6 is 15.9 Å². The first kappa shape index (κ1) is 12.3. The maximum atomic E-state index is 10.2. The van der Waals surface area contributed by atoms with Crippen molar-refractivity contribution in [1.29, 1.82) is 0 Å². The SMILES string of the molecule is Cc1cc(Br)cc(C(O)Cc2ccncc2)c1. The monoisotopic (exact) mass is 291 g/mol. The highest BCUT2D eigenvalue weighted by Gasteiger charge is 2.09. The van der Waals surface area contributed by atoms with Crippen molar-refractivity contribution in [2.45, 2.75) is 19.4 Å². The van der Waals surface area contributed by atoms with Gasteiger partial charge in [0.05, 0.1) is 6.10 Å². The van der Waals surface area contributed by atoms with Crippen LogP contribution in [0.4, 0.5) is 0 Å². The molecule has 1 N–H and O–H groups in total. The highest BCUT2D eigenvalue weighted by Crippen LogP contribution is 2.23. The third-order valence-corrected chi connectivity index (χ3v) is 3.09. The minimum atomic E-state index is -0.478. The lowest BCUT2D eigenvalue weighted by atomic mass is 10.0. The zero-order valence-electron chi connectivity index (χ0n) is 9.60. The average Bonchev–Trinajstić information content (AvgIpc) is 2.29. The summed E-state index contributed by atoms with van der Waals surface area (Å²) >= 11 is 3.45. The summed E-state index contributed by atoms with van der Waals surface area (Å²) in [4.78, 5) is 3.96. The summed E-state index contributed by atoms with van der Waals surface area (Å²) in [5, 5.41) is 10.2. The molecular weight excluding hydrogens is 278 g/mol. The lowest BCUT2D eigenvalue weighted by Gasteiger charge is -2.12. The molecule has 1 aromatic carbocycles. The van der Waals surface area contributed by atoms with Gasteiger partial charge in [-0.25, -0.2) is 0 Å². The molecule has 3 heteroatoms. The van der Waals surface area contributed by atoms with Crippen LogP contribution in [0, 0.1) is 6.92 Å². The van der Waals surface area contributed by atoms with Gasteiger partial charge in [-0.2, -0.15) is 0 Å². The Hall–Kier alpha value is -1.19. The second-order valence-corrected chi connectivity index (χ2v) is 5.05. The van der Waals surface area contributed by atoms with Crippen LogP contribution in [0.1, 0.15) is 22.8 Å². The van der Waals surface area contributed by atoms with Crippen molar-refractivity contribution < 1.29 is 5.11 Å². The van der Waals surface area contributed by atoms with E-state index in [0.29, 0.717) is 6.42 Å². The van der Waals surface area contributed by atoms with Crippen molar-refractivity contribution in [3.63, 3.8) is 0 Å². The van der Waals surface area contributed by atoms with Gasteiger partial charge in [-0.3, -0.25) is 4.98 Å². The minimum Gasteiger partial charge on any atom is -0.388 e. The van der Waals surface area contributed by atoms with E-state index in [-0.39, 0.29) is 0 Å². The van der Waals surface area contributed by atoms with Crippen molar-refractivity contribution in [1.82, 2.24) is 4.98 Å². The van der Waals surface area contributed by atoms with Gasteiger partial charge in [0.25, 0.3) is 0 Å². The zero-order chi connectivity index (χ0) is 12.3. The van der Waals surface area contributed by atoms with Gasteiger partial charge in [0.2, 0.25) is 0 Å². The first-order valence-corrected chi connectivity index (χ1v) is 6.28. The summed E-state index contributed by atoms with van der Waals surface area (Å²) in [5.41, 5.74) is 3.17. The van der Waals surface area contributed by atoms with Gasteiger partial charge in [-0.1, -0.05) is 22.0 Å². The Morgan fingerprint density at radius 3 is 2.59 bits per heavy atom. The highest BCUT2D eigenvalue weighted by molar-refractivity contribution is 9.10. The molecule has 2 rings (SSSR count). The van der Waals surface area contributed by atoms with Crippen molar-refractivity contribution in [2.75, 3.05) is 0 Å². The summed E-state index contributed by atoms with van der Waals surface area (Å²) in [5.74, 6) is 0. The van der Waals surface area contributed by atoms with Gasteiger partial charge in [-0.15, -0.1) is 0 Å².